The van der Waals surface area contributed by atoms with Gasteiger partial charge in [-0.2, -0.15) is 0 Å². The molecule has 0 saturated carbocycles. The van der Waals surface area contributed by atoms with Gasteiger partial charge in [-0.3, -0.25) is 4.90 Å². The molecule has 1 heterocycles. The Morgan fingerprint density at radius 1 is 1.30 bits per heavy atom. The minimum Gasteiger partial charge on any atom is -0.496 e. The molecule has 2 rings (SSSR count). The zero-order valence-electron chi connectivity index (χ0n) is 11.8. The monoisotopic (exact) mass is 405 g/mol. The molecule has 0 N–H and O–H groups in total. The van der Waals surface area contributed by atoms with Crippen LogP contribution in [0, 0.1) is 0 Å². The van der Waals surface area contributed by atoms with Crippen LogP contribution in [0.4, 0.5) is 0 Å². The maximum Gasteiger partial charge on any atom is 0.123 e. The maximum atomic E-state index is 5.79. The van der Waals surface area contributed by atoms with Gasteiger partial charge in [-0.05, 0) is 31.0 Å². The summed E-state index contributed by atoms with van der Waals surface area (Å²) in [6, 6.07) is 6.18. The normalized spacial score (nSPS) is 17.4. The first-order chi connectivity index (χ1) is 9.72. The van der Waals surface area contributed by atoms with Crippen LogP contribution in [0.2, 0.25) is 0 Å². The van der Waals surface area contributed by atoms with Crippen molar-refractivity contribution < 1.29 is 9.47 Å². The summed E-state index contributed by atoms with van der Waals surface area (Å²) >= 11 is 6.93. The average Bonchev–Trinajstić information content (AvgIpc) is 2.47. The quantitative estimate of drug-likeness (QED) is 0.670. The highest BCUT2D eigenvalue weighted by Gasteiger charge is 2.20. The molecule has 0 amide bonds. The number of nitrogens with zero attached hydrogens (tertiary/aromatic N) is 1. The van der Waals surface area contributed by atoms with E-state index in [1.165, 1.54) is 5.56 Å². The lowest BCUT2D eigenvalue weighted by atomic mass is 10.1. The fraction of sp³-hybridized carbons (Fsp3) is 0.600. The van der Waals surface area contributed by atoms with E-state index in [4.69, 9.17) is 9.47 Å². The number of ether oxygens (including phenoxy) is 2. The van der Waals surface area contributed by atoms with Crippen molar-refractivity contribution in [3.63, 3.8) is 0 Å². The predicted octanol–water partition coefficient (Wildman–Crippen LogP) is 3.83. The van der Waals surface area contributed by atoms with Gasteiger partial charge in [0.1, 0.15) is 5.75 Å². The lowest BCUT2D eigenvalue weighted by Crippen LogP contribution is -2.36. The fourth-order valence-electron chi connectivity index (χ4n) is 2.56. The van der Waals surface area contributed by atoms with Gasteiger partial charge in [-0.25, -0.2) is 0 Å². The zero-order valence-corrected chi connectivity index (χ0v) is 15.0. The summed E-state index contributed by atoms with van der Waals surface area (Å²) in [5, 5.41) is 0.919. The van der Waals surface area contributed by atoms with Crippen molar-refractivity contribution in [2.45, 2.75) is 25.5 Å². The lowest BCUT2D eigenvalue weighted by Gasteiger charge is -2.32. The summed E-state index contributed by atoms with van der Waals surface area (Å²) in [6.45, 7) is 3.92. The smallest absolute Gasteiger partial charge is 0.123 e. The van der Waals surface area contributed by atoms with E-state index in [-0.39, 0.29) is 0 Å². The Kier molecular flexibility index (Phi) is 6.81. The van der Waals surface area contributed by atoms with Gasteiger partial charge in [0.2, 0.25) is 0 Å². The highest BCUT2D eigenvalue weighted by molar-refractivity contribution is 9.10. The molecule has 0 atom stereocenters. The molecule has 0 aliphatic carbocycles. The van der Waals surface area contributed by atoms with Crippen molar-refractivity contribution >= 4 is 31.9 Å². The van der Waals surface area contributed by atoms with Crippen LogP contribution >= 0.6 is 31.9 Å². The highest BCUT2D eigenvalue weighted by Crippen LogP contribution is 2.25. The van der Waals surface area contributed by atoms with Crippen LogP contribution in [0.15, 0.2) is 22.7 Å². The molecule has 3 nitrogen and oxygen atoms in total. The van der Waals surface area contributed by atoms with Crippen LogP contribution in [0.25, 0.3) is 0 Å². The Hall–Kier alpha value is -0.100. The largest absolute Gasteiger partial charge is 0.496 e. The third-order valence-corrected chi connectivity index (χ3v) is 4.42. The molecule has 5 heteroatoms. The van der Waals surface area contributed by atoms with Crippen molar-refractivity contribution in [3.8, 4) is 5.75 Å². The van der Waals surface area contributed by atoms with E-state index < -0.39 is 0 Å². The number of benzene rings is 1. The van der Waals surface area contributed by atoms with Crippen molar-refractivity contribution in [1.82, 2.24) is 4.90 Å². The predicted molar refractivity (Wildman–Crippen MR) is 88.7 cm³/mol. The highest BCUT2D eigenvalue weighted by atomic mass is 79.9. The van der Waals surface area contributed by atoms with Crippen molar-refractivity contribution in [2.24, 2.45) is 0 Å². The van der Waals surface area contributed by atoms with E-state index in [2.05, 4.69) is 42.8 Å². The van der Waals surface area contributed by atoms with E-state index >= 15 is 0 Å². The van der Waals surface area contributed by atoms with E-state index in [0.29, 0.717) is 6.10 Å². The van der Waals surface area contributed by atoms with Crippen molar-refractivity contribution in [1.29, 1.82) is 0 Å². The molecule has 0 aromatic heterocycles. The third-order valence-electron chi connectivity index (χ3n) is 3.60. The SMILES string of the molecule is COc1ccc(Br)cc1CN1CCC(OCCBr)CC1. The van der Waals surface area contributed by atoms with Crippen LogP contribution in [0.3, 0.4) is 0 Å². The van der Waals surface area contributed by atoms with Crippen molar-refractivity contribution in [2.75, 3.05) is 32.1 Å². The molecule has 0 bridgehead atoms. The van der Waals surface area contributed by atoms with Gasteiger partial charge in [0.15, 0.2) is 0 Å². The van der Waals surface area contributed by atoms with E-state index in [1.807, 2.05) is 12.1 Å². The van der Waals surface area contributed by atoms with E-state index in [1.54, 1.807) is 7.11 Å². The maximum absolute atomic E-state index is 5.79. The minimum atomic E-state index is 0.424. The topological polar surface area (TPSA) is 21.7 Å². The Bertz CT molecular complexity index is 420. The van der Waals surface area contributed by atoms with Crippen LogP contribution in [0.5, 0.6) is 5.75 Å². The lowest BCUT2D eigenvalue weighted by molar-refractivity contribution is 0.0140. The standard InChI is InChI=1S/C15H21Br2NO2/c1-19-15-3-2-13(17)10-12(15)11-18-7-4-14(5-8-18)20-9-6-16/h2-3,10,14H,4-9,11H2,1H3. The second kappa shape index (κ2) is 8.37. The summed E-state index contributed by atoms with van der Waals surface area (Å²) in [5.74, 6) is 0.964. The van der Waals surface area contributed by atoms with E-state index in [9.17, 15) is 0 Å². The second-order valence-corrected chi connectivity index (χ2v) is 6.70. The van der Waals surface area contributed by atoms with Gasteiger partial charge in [0, 0.05) is 35.0 Å². The summed E-state index contributed by atoms with van der Waals surface area (Å²) in [5.41, 5.74) is 1.24. The molecule has 1 aromatic rings. The fourth-order valence-corrected chi connectivity index (χ4v) is 3.15. The van der Waals surface area contributed by atoms with Crippen LogP contribution < -0.4 is 4.74 Å². The molecule has 1 fully saturated rings. The number of alkyl halides is 1. The minimum absolute atomic E-state index is 0.424. The van der Waals surface area contributed by atoms with Gasteiger partial charge < -0.3 is 9.47 Å². The third kappa shape index (κ3) is 4.72. The molecule has 1 saturated heterocycles. The zero-order chi connectivity index (χ0) is 14.4. The summed E-state index contributed by atoms with van der Waals surface area (Å²) in [7, 11) is 1.73. The number of halogens is 2. The molecular weight excluding hydrogens is 386 g/mol. The molecule has 20 heavy (non-hydrogen) atoms. The second-order valence-electron chi connectivity index (χ2n) is 4.99. The van der Waals surface area contributed by atoms with Crippen LogP contribution in [0.1, 0.15) is 18.4 Å². The summed E-state index contributed by atoms with van der Waals surface area (Å²) in [6.07, 6.45) is 2.65. The number of piperidine rings is 1. The van der Waals surface area contributed by atoms with Gasteiger partial charge in [0.25, 0.3) is 0 Å². The van der Waals surface area contributed by atoms with Gasteiger partial charge >= 0.3 is 0 Å². The summed E-state index contributed by atoms with van der Waals surface area (Å²) in [4.78, 5) is 2.47. The number of rotatable bonds is 6. The number of methoxy groups -OCH3 is 1. The Balaban J connectivity index is 1.87. The molecule has 0 spiro atoms. The van der Waals surface area contributed by atoms with Gasteiger partial charge in [-0.1, -0.05) is 31.9 Å². The van der Waals surface area contributed by atoms with Gasteiger partial charge in [0.05, 0.1) is 19.8 Å². The molecule has 0 radical (unpaired) electrons. The molecule has 1 aromatic carbocycles. The molecule has 112 valence electrons. The molecule has 1 aliphatic heterocycles. The number of likely N-dealkylation sites (tertiary alicyclic amines) is 1. The molecule has 1 aliphatic rings. The van der Waals surface area contributed by atoms with Crippen LogP contribution in [-0.4, -0.2) is 43.1 Å². The molecule has 0 unspecified atom stereocenters. The Morgan fingerprint density at radius 2 is 2.05 bits per heavy atom. The van der Waals surface area contributed by atoms with Gasteiger partial charge in [-0.15, -0.1) is 0 Å². The first-order valence-corrected chi connectivity index (χ1v) is 8.86. The summed E-state index contributed by atoms with van der Waals surface area (Å²) < 4.78 is 12.3. The number of hydrogen-bond acceptors (Lipinski definition) is 3. The Labute approximate surface area is 137 Å². The average molecular weight is 407 g/mol. The van der Waals surface area contributed by atoms with E-state index in [0.717, 1.165) is 54.6 Å². The van der Waals surface area contributed by atoms with Crippen molar-refractivity contribution in [3.05, 3.63) is 28.2 Å². The molecular formula is C15H21Br2NO2. The first-order valence-electron chi connectivity index (χ1n) is 6.95. The number of hydrogen-bond donors (Lipinski definition) is 0. The Morgan fingerprint density at radius 3 is 2.70 bits per heavy atom. The first kappa shape index (κ1) is 16.3. The van der Waals surface area contributed by atoms with Crippen LogP contribution in [-0.2, 0) is 11.3 Å².